The van der Waals surface area contributed by atoms with Crippen molar-refractivity contribution in [1.29, 1.82) is 0 Å². The van der Waals surface area contributed by atoms with E-state index < -0.39 is 11.7 Å². The molecule has 44 heavy (non-hydrogen) atoms. The molecule has 13 nitrogen and oxygen atoms in total. The minimum absolute atomic E-state index is 0.0167. The molecule has 0 bridgehead atoms. The SMILES string of the molecule is CO[C@@H]1CC[C@H]1NC(=O)c1cnn2c(N(C)C(=O)OC(C)(C)C)cc(Nc3cccn(C4CCN(CCF)CC4)c3=O)nc12. The van der Waals surface area contributed by atoms with E-state index in [0.717, 1.165) is 38.8 Å². The van der Waals surface area contributed by atoms with Crippen molar-refractivity contribution in [2.24, 2.45) is 0 Å². The molecular weight excluding hydrogens is 571 g/mol. The van der Waals surface area contributed by atoms with Crippen molar-refractivity contribution >= 4 is 35.0 Å². The van der Waals surface area contributed by atoms with Crippen molar-refractivity contribution in [2.45, 2.75) is 70.2 Å². The molecule has 1 saturated heterocycles. The van der Waals surface area contributed by atoms with Gasteiger partial charge in [0.25, 0.3) is 11.5 Å². The van der Waals surface area contributed by atoms with Crippen LogP contribution < -0.4 is 21.1 Å². The first-order chi connectivity index (χ1) is 21.0. The highest BCUT2D eigenvalue weighted by Gasteiger charge is 2.33. The fraction of sp³-hybridized carbons (Fsp3) is 0.567. The van der Waals surface area contributed by atoms with E-state index in [0.29, 0.717) is 6.54 Å². The number of anilines is 3. The van der Waals surface area contributed by atoms with Crippen molar-refractivity contribution in [1.82, 2.24) is 29.4 Å². The van der Waals surface area contributed by atoms with Crippen LogP contribution in [0.2, 0.25) is 0 Å². The number of nitrogens with zero attached hydrogens (tertiary/aromatic N) is 6. The first kappa shape index (κ1) is 31.4. The van der Waals surface area contributed by atoms with E-state index in [1.807, 2.05) is 0 Å². The molecule has 2 amide bonds. The monoisotopic (exact) mass is 612 g/mol. The molecule has 0 spiro atoms. The highest BCUT2D eigenvalue weighted by molar-refractivity contribution is 6.00. The molecule has 3 aromatic heterocycles. The number of carbonyl (C=O) groups is 2. The molecule has 0 unspecified atom stereocenters. The number of aromatic nitrogens is 4. The second kappa shape index (κ2) is 12.9. The number of amides is 2. The lowest BCUT2D eigenvalue weighted by atomic mass is 9.89. The number of alkyl halides is 1. The quantitative estimate of drug-likeness (QED) is 0.372. The summed E-state index contributed by atoms with van der Waals surface area (Å²) in [6, 6.07) is 4.87. The number of hydrogen-bond donors (Lipinski definition) is 2. The predicted molar refractivity (Wildman–Crippen MR) is 164 cm³/mol. The summed E-state index contributed by atoms with van der Waals surface area (Å²) in [4.78, 5) is 48.0. The zero-order chi connectivity index (χ0) is 31.6. The molecule has 0 aromatic carbocycles. The molecule has 4 heterocycles. The van der Waals surface area contributed by atoms with Crippen LogP contribution in [-0.2, 0) is 9.47 Å². The van der Waals surface area contributed by atoms with Gasteiger partial charge in [0.05, 0.1) is 18.3 Å². The lowest BCUT2D eigenvalue weighted by Gasteiger charge is -2.35. The molecule has 1 aliphatic heterocycles. The van der Waals surface area contributed by atoms with Gasteiger partial charge in [-0.3, -0.25) is 14.5 Å². The number of nitrogens with one attached hydrogen (secondary N) is 2. The zero-order valence-electron chi connectivity index (χ0n) is 25.9. The summed E-state index contributed by atoms with van der Waals surface area (Å²) in [5, 5.41) is 10.5. The molecule has 2 N–H and O–H groups in total. The normalized spacial score (nSPS) is 19.4. The van der Waals surface area contributed by atoms with Gasteiger partial charge >= 0.3 is 6.09 Å². The average Bonchev–Trinajstić information content (AvgIpc) is 3.40. The van der Waals surface area contributed by atoms with Crippen molar-refractivity contribution in [3.63, 3.8) is 0 Å². The number of ether oxygens (including phenoxy) is 2. The number of pyridine rings is 1. The number of hydrogen-bond acceptors (Lipinski definition) is 9. The fourth-order valence-electron chi connectivity index (χ4n) is 5.57. The summed E-state index contributed by atoms with van der Waals surface area (Å²) >= 11 is 0. The van der Waals surface area contributed by atoms with Crippen LogP contribution in [0.1, 0.15) is 62.9 Å². The molecule has 2 atom stereocenters. The Morgan fingerprint density at radius 2 is 1.93 bits per heavy atom. The number of methoxy groups -OCH3 is 1. The molecular formula is C30H41FN8O5. The van der Waals surface area contributed by atoms with Crippen molar-refractivity contribution in [3.05, 3.63) is 46.5 Å². The first-order valence-corrected chi connectivity index (χ1v) is 14.9. The van der Waals surface area contributed by atoms with Crippen LogP contribution in [0.3, 0.4) is 0 Å². The van der Waals surface area contributed by atoms with Crippen LogP contribution in [-0.4, -0.2) is 94.3 Å². The van der Waals surface area contributed by atoms with Gasteiger partial charge in [0.2, 0.25) is 0 Å². The largest absolute Gasteiger partial charge is 0.443 e. The van der Waals surface area contributed by atoms with E-state index in [9.17, 15) is 18.8 Å². The van der Waals surface area contributed by atoms with Crippen molar-refractivity contribution in [2.75, 3.05) is 50.7 Å². The van der Waals surface area contributed by atoms with Crippen LogP contribution in [0.15, 0.2) is 35.4 Å². The van der Waals surface area contributed by atoms with E-state index in [1.165, 1.54) is 22.7 Å². The Kier molecular flexibility index (Phi) is 9.20. The number of fused-ring (bicyclic) bond motifs is 1. The molecule has 14 heteroatoms. The molecule has 2 aliphatic rings. The zero-order valence-corrected chi connectivity index (χ0v) is 25.9. The van der Waals surface area contributed by atoms with E-state index in [4.69, 9.17) is 9.47 Å². The van der Waals surface area contributed by atoms with Crippen LogP contribution in [0.25, 0.3) is 5.65 Å². The highest BCUT2D eigenvalue weighted by Crippen LogP contribution is 2.27. The summed E-state index contributed by atoms with van der Waals surface area (Å²) in [7, 11) is 3.15. The molecule has 2 fully saturated rings. The molecule has 3 aromatic rings. The summed E-state index contributed by atoms with van der Waals surface area (Å²) in [5.74, 6) is 0.146. The lowest BCUT2D eigenvalue weighted by Crippen LogP contribution is -2.51. The second-order valence-corrected chi connectivity index (χ2v) is 12.3. The van der Waals surface area contributed by atoms with Gasteiger partial charge in [0.15, 0.2) is 5.65 Å². The minimum Gasteiger partial charge on any atom is -0.443 e. The third-order valence-electron chi connectivity index (χ3n) is 8.13. The maximum absolute atomic E-state index is 13.6. The summed E-state index contributed by atoms with van der Waals surface area (Å²) in [6.07, 6.45) is 5.60. The minimum atomic E-state index is -0.745. The number of rotatable bonds is 9. The van der Waals surface area contributed by atoms with E-state index in [1.54, 1.807) is 56.8 Å². The smallest absolute Gasteiger partial charge is 0.415 e. The van der Waals surface area contributed by atoms with Gasteiger partial charge < -0.3 is 29.6 Å². The van der Waals surface area contributed by atoms with Gasteiger partial charge in [0, 0.05) is 52.1 Å². The van der Waals surface area contributed by atoms with E-state index >= 15 is 0 Å². The number of carbonyl (C=O) groups excluding carboxylic acids is 2. The Bertz CT molecular complexity index is 1560. The third-order valence-corrected chi connectivity index (χ3v) is 8.13. The first-order valence-electron chi connectivity index (χ1n) is 14.9. The number of piperidine rings is 1. The molecule has 1 aliphatic carbocycles. The van der Waals surface area contributed by atoms with Crippen LogP contribution >= 0.6 is 0 Å². The average molecular weight is 613 g/mol. The van der Waals surface area contributed by atoms with Crippen LogP contribution in [0, 0.1) is 0 Å². The molecule has 5 rings (SSSR count). The van der Waals surface area contributed by atoms with Gasteiger partial charge in [-0.15, -0.1) is 0 Å². The number of likely N-dealkylation sites (tertiary alicyclic amines) is 1. The summed E-state index contributed by atoms with van der Waals surface area (Å²) < 4.78 is 26.9. The third kappa shape index (κ3) is 6.70. The van der Waals surface area contributed by atoms with Crippen molar-refractivity contribution in [3.8, 4) is 0 Å². The maximum Gasteiger partial charge on any atom is 0.415 e. The van der Waals surface area contributed by atoms with E-state index in [-0.39, 0.29) is 64.9 Å². The van der Waals surface area contributed by atoms with Gasteiger partial charge in [-0.2, -0.15) is 9.61 Å². The van der Waals surface area contributed by atoms with Gasteiger partial charge in [-0.25, -0.2) is 14.2 Å². The second-order valence-electron chi connectivity index (χ2n) is 12.3. The Morgan fingerprint density at radius 1 is 1.18 bits per heavy atom. The Balaban J connectivity index is 1.48. The Morgan fingerprint density at radius 3 is 2.57 bits per heavy atom. The van der Waals surface area contributed by atoms with Gasteiger partial charge in [-0.1, -0.05) is 0 Å². The highest BCUT2D eigenvalue weighted by atomic mass is 19.1. The lowest BCUT2D eigenvalue weighted by molar-refractivity contribution is 0.00732. The standard InChI is InChI=1S/C30H41FN8O5/c1-30(2,3)44-29(42)36(4)25-17-24(35-26-20(18-32-39(25)26)27(40)34-21-8-9-23(21)43-5)33-22-7-6-13-38(28(22)41)19-10-14-37(15-11-19)16-12-31/h6-7,13,17-19,21,23H,8-12,14-16H2,1-5H3,(H,33,35)(H,34,40)/t21-,23-/m1/s1. The van der Waals surface area contributed by atoms with Gasteiger partial charge in [-0.05, 0) is 58.6 Å². The summed E-state index contributed by atoms with van der Waals surface area (Å²) in [6.45, 7) is 6.75. The molecule has 0 radical (unpaired) electrons. The topological polar surface area (TPSA) is 135 Å². The Hall–Kier alpha value is -4.04. The molecule has 1 saturated carbocycles. The molecule has 238 valence electrons. The fourth-order valence-corrected chi connectivity index (χ4v) is 5.57. The van der Waals surface area contributed by atoms with E-state index in [2.05, 4.69) is 25.6 Å². The maximum atomic E-state index is 13.6. The Labute approximate surface area is 255 Å². The van der Waals surface area contributed by atoms with Crippen LogP contribution in [0.4, 0.5) is 26.5 Å². The predicted octanol–water partition coefficient (Wildman–Crippen LogP) is 3.52. The summed E-state index contributed by atoms with van der Waals surface area (Å²) in [5.41, 5.74) is -0.292. The van der Waals surface area contributed by atoms with Crippen LogP contribution in [0.5, 0.6) is 0 Å². The van der Waals surface area contributed by atoms with Gasteiger partial charge in [0.1, 0.15) is 35.2 Å². The van der Waals surface area contributed by atoms with Crippen molar-refractivity contribution < 1.29 is 23.5 Å². The number of halogens is 1.